The first-order valence-electron chi connectivity index (χ1n) is 8.47. The summed E-state index contributed by atoms with van der Waals surface area (Å²) in [5.74, 6) is -1.99. The Kier molecular flexibility index (Phi) is 4.94. The maximum Gasteiger partial charge on any atom is 0.471 e. The normalized spacial score (nSPS) is 11.6. The van der Waals surface area contributed by atoms with E-state index in [9.17, 15) is 17.6 Å². The summed E-state index contributed by atoms with van der Waals surface area (Å²) in [5, 5.41) is 11.9. The Labute approximate surface area is 166 Å². The van der Waals surface area contributed by atoms with Crippen LogP contribution >= 0.6 is 0 Å². The lowest BCUT2D eigenvalue weighted by Crippen LogP contribution is -2.05. The Morgan fingerprint density at radius 1 is 1.03 bits per heavy atom. The highest BCUT2D eigenvalue weighted by Gasteiger charge is 2.38. The van der Waals surface area contributed by atoms with Crippen molar-refractivity contribution in [3.05, 3.63) is 59.7 Å². The maximum absolute atomic E-state index is 14.3. The summed E-state index contributed by atoms with van der Waals surface area (Å²) < 4.78 is 66.8. The molecule has 154 valence electrons. The fourth-order valence-corrected chi connectivity index (χ4v) is 2.63. The number of benzene rings is 2. The number of methoxy groups -OCH3 is 1. The van der Waals surface area contributed by atoms with Crippen LogP contribution in [0.4, 0.5) is 17.6 Å². The molecule has 2 aromatic carbocycles. The number of halogens is 4. The van der Waals surface area contributed by atoms with E-state index < -0.39 is 23.7 Å². The summed E-state index contributed by atoms with van der Waals surface area (Å²) in [6.07, 6.45) is -4.80. The van der Waals surface area contributed by atoms with E-state index in [0.29, 0.717) is 16.8 Å². The van der Waals surface area contributed by atoms with Crippen molar-refractivity contribution in [1.29, 1.82) is 0 Å². The molecule has 0 N–H and O–H groups in total. The van der Waals surface area contributed by atoms with Gasteiger partial charge in [0.1, 0.15) is 18.2 Å². The molecular formula is C19H12F4N4O3. The molecule has 4 aromatic rings. The molecule has 0 amide bonds. The minimum atomic E-state index is -4.80. The Morgan fingerprint density at radius 2 is 1.87 bits per heavy atom. The summed E-state index contributed by atoms with van der Waals surface area (Å²) in [5.41, 5.74) is 0.820. The van der Waals surface area contributed by atoms with Crippen molar-refractivity contribution in [1.82, 2.24) is 20.3 Å². The largest absolute Gasteiger partial charge is 0.497 e. The molecule has 0 aliphatic heterocycles. The lowest BCUT2D eigenvalue weighted by molar-refractivity contribution is -0.159. The zero-order valence-corrected chi connectivity index (χ0v) is 15.3. The summed E-state index contributed by atoms with van der Waals surface area (Å²) in [6, 6.07) is 10.8. The summed E-state index contributed by atoms with van der Waals surface area (Å²) in [6.45, 7) is -0.0341. The molecule has 0 saturated heterocycles. The van der Waals surface area contributed by atoms with Gasteiger partial charge < -0.3 is 14.0 Å². The summed E-state index contributed by atoms with van der Waals surface area (Å²) in [4.78, 5) is 3.18. The van der Waals surface area contributed by atoms with Gasteiger partial charge in [-0.05, 0) is 29.8 Å². The smallest absolute Gasteiger partial charge is 0.471 e. The van der Waals surface area contributed by atoms with Crippen molar-refractivity contribution in [2.75, 3.05) is 7.11 Å². The number of rotatable bonds is 5. The van der Waals surface area contributed by atoms with Gasteiger partial charge in [0.05, 0.1) is 18.2 Å². The number of alkyl halides is 3. The van der Waals surface area contributed by atoms with Crippen LogP contribution in [0.15, 0.2) is 47.0 Å². The van der Waals surface area contributed by atoms with E-state index in [0.717, 1.165) is 11.5 Å². The third-order valence-corrected chi connectivity index (χ3v) is 4.10. The third-order valence-electron chi connectivity index (χ3n) is 4.10. The van der Waals surface area contributed by atoms with Crippen LogP contribution in [0.2, 0.25) is 0 Å². The number of hydrogen-bond acceptors (Lipinski definition) is 7. The van der Waals surface area contributed by atoms with Crippen molar-refractivity contribution in [3.63, 3.8) is 0 Å². The molecule has 0 radical (unpaired) electrons. The van der Waals surface area contributed by atoms with Gasteiger partial charge in [0.2, 0.25) is 11.7 Å². The Bertz CT molecular complexity index is 1210. The van der Waals surface area contributed by atoms with Gasteiger partial charge in [-0.25, -0.2) is 4.39 Å². The van der Waals surface area contributed by atoms with Gasteiger partial charge in [-0.15, -0.1) is 10.2 Å². The SMILES string of the molecule is COc1ccc2cc(OCc3ccc(-c4noc(C(F)(F)F)n4)c(F)c3)nnc2c1. The minimum Gasteiger partial charge on any atom is -0.497 e. The summed E-state index contributed by atoms with van der Waals surface area (Å²) >= 11 is 0. The first-order valence-corrected chi connectivity index (χ1v) is 8.47. The van der Waals surface area contributed by atoms with Crippen LogP contribution in [-0.2, 0) is 12.8 Å². The maximum atomic E-state index is 14.3. The molecule has 0 atom stereocenters. The molecule has 11 heteroatoms. The summed E-state index contributed by atoms with van der Waals surface area (Å²) in [7, 11) is 1.55. The van der Waals surface area contributed by atoms with Crippen molar-refractivity contribution in [2.45, 2.75) is 12.8 Å². The lowest BCUT2D eigenvalue weighted by Gasteiger charge is -2.07. The monoisotopic (exact) mass is 420 g/mol. The van der Waals surface area contributed by atoms with E-state index in [-0.39, 0.29) is 18.1 Å². The molecule has 2 aromatic heterocycles. The highest BCUT2D eigenvalue weighted by Crippen LogP contribution is 2.30. The van der Waals surface area contributed by atoms with Gasteiger partial charge in [0, 0.05) is 17.5 Å². The highest BCUT2D eigenvalue weighted by molar-refractivity contribution is 5.80. The molecule has 0 aliphatic rings. The van der Waals surface area contributed by atoms with Crippen molar-refractivity contribution >= 4 is 10.9 Å². The van der Waals surface area contributed by atoms with Crippen molar-refractivity contribution in [3.8, 4) is 23.0 Å². The number of ether oxygens (including phenoxy) is 2. The van der Waals surface area contributed by atoms with E-state index in [1.807, 2.05) is 0 Å². The topological polar surface area (TPSA) is 83.2 Å². The van der Waals surface area contributed by atoms with E-state index in [1.54, 1.807) is 31.4 Å². The molecular weight excluding hydrogens is 408 g/mol. The van der Waals surface area contributed by atoms with Crippen LogP contribution in [0, 0.1) is 5.82 Å². The second-order valence-corrected chi connectivity index (χ2v) is 6.13. The first kappa shape index (κ1) is 19.6. The second-order valence-electron chi connectivity index (χ2n) is 6.13. The predicted molar refractivity (Wildman–Crippen MR) is 95.1 cm³/mol. The predicted octanol–water partition coefficient (Wildman–Crippen LogP) is 4.43. The quantitative estimate of drug-likeness (QED) is 0.442. The zero-order chi connectivity index (χ0) is 21.3. The average molecular weight is 420 g/mol. The van der Waals surface area contributed by atoms with Crippen molar-refractivity contribution < 1.29 is 31.6 Å². The molecule has 7 nitrogen and oxygen atoms in total. The van der Waals surface area contributed by atoms with E-state index in [1.165, 1.54) is 12.1 Å². The van der Waals surface area contributed by atoms with E-state index in [2.05, 4.69) is 24.9 Å². The van der Waals surface area contributed by atoms with Crippen LogP contribution in [0.3, 0.4) is 0 Å². The van der Waals surface area contributed by atoms with Crippen LogP contribution in [0.25, 0.3) is 22.3 Å². The Hall–Kier alpha value is -3.76. The lowest BCUT2D eigenvalue weighted by atomic mass is 10.1. The molecule has 0 saturated carbocycles. The number of fused-ring (bicyclic) bond motifs is 1. The van der Waals surface area contributed by atoms with Crippen LogP contribution < -0.4 is 9.47 Å². The Balaban J connectivity index is 1.48. The van der Waals surface area contributed by atoms with Gasteiger partial charge in [-0.2, -0.15) is 18.2 Å². The standard InChI is InChI=1S/C19H12F4N4O3/c1-28-12-4-3-11-7-16(26-25-15(11)8-12)29-9-10-2-5-13(14(20)6-10)17-24-18(30-27-17)19(21,22)23/h2-8H,9H2,1H3. The van der Waals surface area contributed by atoms with Gasteiger partial charge in [0.25, 0.3) is 0 Å². The number of hydrogen-bond donors (Lipinski definition) is 0. The minimum absolute atomic E-state index is 0.0341. The van der Waals surface area contributed by atoms with Crippen LogP contribution in [0.1, 0.15) is 11.5 Å². The van der Waals surface area contributed by atoms with Gasteiger partial charge >= 0.3 is 12.1 Å². The number of aromatic nitrogens is 4. The van der Waals surface area contributed by atoms with Gasteiger partial charge in [-0.3, -0.25) is 0 Å². The van der Waals surface area contributed by atoms with Crippen LogP contribution in [-0.4, -0.2) is 27.4 Å². The fraction of sp³-hybridized carbons (Fsp3) is 0.158. The molecule has 0 spiro atoms. The molecule has 0 bridgehead atoms. The van der Waals surface area contributed by atoms with Crippen molar-refractivity contribution in [2.24, 2.45) is 0 Å². The van der Waals surface area contributed by atoms with Gasteiger partial charge in [-0.1, -0.05) is 11.2 Å². The molecule has 2 heterocycles. The average Bonchev–Trinajstić information content (AvgIpc) is 3.22. The second kappa shape index (κ2) is 7.58. The molecule has 4 rings (SSSR count). The number of nitrogens with zero attached hydrogens (tertiary/aromatic N) is 4. The van der Waals surface area contributed by atoms with E-state index in [4.69, 9.17) is 9.47 Å². The Morgan fingerprint density at radius 3 is 2.57 bits per heavy atom. The van der Waals surface area contributed by atoms with Gasteiger partial charge in [0.15, 0.2) is 0 Å². The third kappa shape index (κ3) is 4.00. The first-order chi connectivity index (χ1) is 14.3. The molecule has 0 aliphatic carbocycles. The molecule has 30 heavy (non-hydrogen) atoms. The van der Waals surface area contributed by atoms with E-state index >= 15 is 0 Å². The highest BCUT2D eigenvalue weighted by atomic mass is 19.4. The van der Waals surface area contributed by atoms with Crippen LogP contribution in [0.5, 0.6) is 11.6 Å². The fourth-order valence-electron chi connectivity index (χ4n) is 2.63. The zero-order valence-electron chi connectivity index (χ0n) is 15.3. The molecule has 0 fully saturated rings. The molecule has 0 unspecified atom stereocenters.